The Morgan fingerprint density at radius 2 is 2.00 bits per heavy atom. The number of carboxylic acid groups (broad SMARTS) is 1. The fraction of sp³-hybridized carbons (Fsp3) is 0.692. The maximum Gasteiger partial charge on any atom is 0.303 e. The lowest BCUT2D eigenvalue weighted by Crippen LogP contribution is -2.14. The van der Waals surface area contributed by atoms with Crippen molar-refractivity contribution in [3.63, 3.8) is 0 Å². The van der Waals surface area contributed by atoms with Crippen LogP contribution in [0.2, 0.25) is 0 Å². The van der Waals surface area contributed by atoms with E-state index in [1.807, 2.05) is 0 Å². The molecular formula is C13H21NO2S. The number of hydrogen-bond donors (Lipinski definition) is 1. The molecule has 0 aliphatic heterocycles. The number of thiazole rings is 1. The van der Waals surface area contributed by atoms with Crippen LogP contribution in [0.4, 0.5) is 0 Å². The molecule has 1 N–H and O–H groups in total. The highest BCUT2D eigenvalue weighted by Crippen LogP contribution is 2.33. The van der Waals surface area contributed by atoms with Gasteiger partial charge in [-0.15, -0.1) is 11.3 Å². The Bertz CT molecular complexity index is 402. The number of aromatic nitrogens is 1. The Labute approximate surface area is 107 Å². The SMILES string of the molecule is CC(C)c1nc(C(C)(C)C)c(CCC(=O)O)s1. The Morgan fingerprint density at radius 1 is 1.41 bits per heavy atom. The van der Waals surface area contributed by atoms with Crippen LogP contribution >= 0.6 is 11.3 Å². The van der Waals surface area contributed by atoms with Gasteiger partial charge >= 0.3 is 5.97 Å². The van der Waals surface area contributed by atoms with Crippen molar-refractivity contribution in [3.05, 3.63) is 15.6 Å². The summed E-state index contributed by atoms with van der Waals surface area (Å²) in [5, 5.41) is 9.88. The zero-order chi connectivity index (χ0) is 13.2. The summed E-state index contributed by atoms with van der Waals surface area (Å²) in [5.41, 5.74) is 1.05. The molecule has 0 radical (unpaired) electrons. The topological polar surface area (TPSA) is 50.2 Å². The van der Waals surface area contributed by atoms with Crippen LogP contribution < -0.4 is 0 Å². The molecule has 0 fully saturated rings. The van der Waals surface area contributed by atoms with Crippen molar-refractivity contribution in [1.82, 2.24) is 4.98 Å². The van der Waals surface area contributed by atoms with Gasteiger partial charge in [0.2, 0.25) is 0 Å². The molecule has 17 heavy (non-hydrogen) atoms. The lowest BCUT2D eigenvalue weighted by Gasteiger charge is -2.17. The first-order valence-corrected chi connectivity index (χ1v) is 6.75. The Hall–Kier alpha value is -0.900. The number of carboxylic acids is 1. The van der Waals surface area contributed by atoms with E-state index in [9.17, 15) is 4.79 Å². The van der Waals surface area contributed by atoms with Crippen LogP contribution in [0.1, 0.15) is 62.5 Å². The van der Waals surface area contributed by atoms with E-state index in [2.05, 4.69) is 39.6 Å². The summed E-state index contributed by atoms with van der Waals surface area (Å²) < 4.78 is 0. The number of aliphatic carboxylic acids is 1. The van der Waals surface area contributed by atoms with Gasteiger partial charge in [-0.3, -0.25) is 4.79 Å². The monoisotopic (exact) mass is 255 g/mol. The predicted molar refractivity (Wildman–Crippen MR) is 70.9 cm³/mol. The van der Waals surface area contributed by atoms with Gasteiger partial charge in [0.05, 0.1) is 17.1 Å². The average Bonchev–Trinajstić information content (AvgIpc) is 2.57. The third-order valence-corrected chi connectivity index (χ3v) is 3.90. The molecule has 0 aromatic carbocycles. The minimum Gasteiger partial charge on any atom is -0.481 e. The third kappa shape index (κ3) is 3.80. The minimum atomic E-state index is -0.746. The number of hydrogen-bond acceptors (Lipinski definition) is 3. The fourth-order valence-corrected chi connectivity index (χ4v) is 2.87. The smallest absolute Gasteiger partial charge is 0.303 e. The summed E-state index contributed by atoms with van der Waals surface area (Å²) >= 11 is 1.66. The van der Waals surface area contributed by atoms with Crippen molar-refractivity contribution >= 4 is 17.3 Å². The highest BCUT2D eigenvalue weighted by atomic mass is 32.1. The summed E-state index contributed by atoms with van der Waals surface area (Å²) in [6, 6.07) is 0. The Kier molecular flexibility index (Phi) is 4.31. The predicted octanol–water partition coefficient (Wildman–Crippen LogP) is 3.58. The second-order valence-corrected chi connectivity index (χ2v) is 6.74. The molecule has 0 amide bonds. The maximum absolute atomic E-state index is 10.7. The molecular weight excluding hydrogens is 234 g/mol. The Balaban J connectivity index is 3.04. The van der Waals surface area contributed by atoms with Gasteiger partial charge in [-0.25, -0.2) is 4.98 Å². The summed E-state index contributed by atoms with van der Waals surface area (Å²) in [4.78, 5) is 16.5. The summed E-state index contributed by atoms with van der Waals surface area (Å²) in [6.45, 7) is 10.6. The average molecular weight is 255 g/mol. The van der Waals surface area contributed by atoms with Crippen LogP contribution in [0.25, 0.3) is 0 Å². The highest BCUT2D eigenvalue weighted by molar-refractivity contribution is 7.11. The van der Waals surface area contributed by atoms with Crippen LogP contribution in [0.3, 0.4) is 0 Å². The van der Waals surface area contributed by atoms with Gasteiger partial charge in [0.15, 0.2) is 0 Å². The van der Waals surface area contributed by atoms with Crippen molar-refractivity contribution in [3.8, 4) is 0 Å². The van der Waals surface area contributed by atoms with Gasteiger partial charge in [-0.1, -0.05) is 34.6 Å². The lowest BCUT2D eigenvalue weighted by molar-refractivity contribution is -0.136. The molecule has 1 aromatic heterocycles. The molecule has 0 bridgehead atoms. The second kappa shape index (κ2) is 5.17. The number of aryl methyl sites for hydroxylation is 1. The maximum atomic E-state index is 10.7. The molecule has 0 spiro atoms. The van der Waals surface area contributed by atoms with E-state index in [-0.39, 0.29) is 11.8 Å². The molecule has 1 aromatic rings. The molecule has 0 saturated carbocycles. The molecule has 0 saturated heterocycles. The van der Waals surface area contributed by atoms with E-state index in [1.165, 1.54) is 0 Å². The van der Waals surface area contributed by atoms with Crippen molar-refractivity contribution in [2.75, 3.05) is 0 Å². The molecule has 3 nitrogen and oxygen atoms in total. The standard InChI is InChI=1S/C13H21NO2S/c1-8(2)12-14-11(13(3,4)5)9(17-12)6-7-10(15)16/h8H,6-7H2,1-5H3,(H,15,16). The van der Waals surface area contributed by atoms with E-state index in [4.69, 9.17) is 5.11 Å². The van der Waals surface area contributed by atoms with E-state index in [0.717, 1.165) is 15.6 Å². The molecule has 96 valence electrons. The van der Waals surface area contributed by atoms with Crippen LogP contribution in [0.5, 0.6) is 0 Å². The van der Waals surface area contributed by atoms with Gasteiger partial charge in [0.25, 0.3) is 0 Å². The first-order chi connectivity index (χ1) is 7.71. The second-order valence-electron chi connectivity index (χ2n) is 5.62. The molecule has 4 heteroatoms. The quantitative estimate of drug-likeness (QED) is 0.894. The van der Waals surface area contributed by atoms with Gasteiger partial charge in [-0.05, 0) is 6.42 Å². The molecule has 0 atom stereocenters. The molecule has 0 aliphatic rings. The summed E-state index contributed by atoms with van der Waals surface area (Å²) in [6.07, 6.45) is 0.773. The molecule has 1 heterocycles. The zero-order valence-electron chi connectivity index (χ0n) is 11.2. The van der Waals surface area contributed by atoms with Crippen molar-refractivity contribution < 1.29 is 9.90 Å². The first kappa shape index (κ1) is 14.2. The largest absolute Gasteiger partial charge is 0.481 e. The summed E-state index contributed by atoms with van der Waals surface area (Å²) in [5.74, 6) is -0.343. The van der Waals surface area contributed by atoms with E-state index in [1.54, 1.807) is 11.3 Å². The van der Waals surface area contributed by atoms with Gasteiger partial charge in [-0.2, -0.15) is 0 Å². The minimum absolute atomic E-state index is 0.0164. The van der Waals surface area contributed by atoms with E-state index in [0.29, 0.717) is 12.3 Å². The number of carbonyl (C=O) groups is 1. The zero-order valence-corrected chi connectivity index (χ0v) is 12.0. The normalized spacial score (nSPS) is 12.1. The van der Waals surface area contributed by atoms with Gasteiger partial charge in [0.1, 0.15) is 0 Å². The number of rotatable bonds is 4. The van der Waals surface area contributed by atoms with Crippen molar-refractivity contribution in [2.45, 2.75) is 58.8 Å². The lowest BCUT2D eigenvalue weighted by atomic mass is 9.90. The van der Waals surface area contributed by atoms with Gasteiger partial charge in [0, 0.05) is 16.2 Å². The van der Waals surface area contributed by atoms with E-state index < -0.39 is 5.97 Å². The fourth-order valence-electron chi connectivity index (χ4n) is 1.59. The van der Waals surface area contributed by atoms with Crippen LogP contribution in [0.15, 0.2) is 0 Å². The van der Waals surface area contributed by atoms with Crippen molar-refractivity contribution in [1.29, 1.82) is 0 Å². The molecule has 0 aliphatic carbocycles. The van der Waals surface area contributed by atoms with Crippen LogP contribution in [0, 0.1) is 0 Å². The molecule has 1 rings (SSSR count). The number of nitrogens with zero attached hydrogens (tertiary/aromatic N) is 1. The molecule has 0 unspecified atom stereocenters. The van der Waals surface area contributed by atoms with Gasteiger partial charge < -0.3 is 5.11 Å². The third-order valence-electron chi connectivity index (χ3n) is 2.48. The van der Waals surface area contributed by atoms with Crippen LogP contribution in [-0.2, 0) is 16.6 Å². The van der Waals surface area contributed by atoms with Crippen molar-refractivity contribution in [2.24, 2.45) is 0 Å². The Morgan fingerprint density at radius 3 is 2.41 bits per heavy atom. The van der Waals surface area contributed by atoms with E-state index >= 15 is 0 Å². The highest BCUT2D eigenvalue weighted by Gasteiger charge is 2.24. The summed E-state index contributed by atoms with van der Waals surface area (Å²) in [7, 11) is 0. The van der Waals surface area contributed by atoms with Crippen LogP contribution in [-0.4, -0.2) is 16.1 Å². The first-order valence-electron chi connectivity index (χ1n) is 5.93.